The third-order valence-electron chi connectivity index (χ3n) is 3.28. The fourth-order valence-electron chi connectivity index (χ4n) is 2.39. The lowest BCUT2D eigenvalue weighted by molar-refractivity contribution is -0.383. The molecule has 20 heavy (non-hydrogen) atoms. The zero-order chi connectivity index (χ0) is 14.5. The molecule has 1 fully saturated rings. The molecular formula is C12H20N6O2. The van der Waals surface area contributed by atoms with Crippen LogP contribution in [0.3, 0.4) is 0 Å². The van der Waals surface area contributed by atoms with E-state index in [-0.39, 0.29) is 17.5 Å². The number of nitrogens with one attached hydrogen (secondary N) is 2. The normalized spacial score (nSPS) is 16.1. The molecule has 1 saturated carbocycles. The van der Waals surface area contributed by atoms with Crippen molar-refractivity contribution in [2.75, 3.05) is 24.8 Å². The highest BCUT2D eigenvalue weighted by atomic mass is 16.6. The fourth-order valence-corrected chi connectivity index (χ4v) is 2.39. The van der Waals surface area contributed by atoms with Gasteiger partial charge in [-0.2, -0.15) is 0 Å². The molecule has 2 rings (SSSR count). The molecule has 8 heteroatoms. The standard InChI is InChI=1S/C12H20N6O2/c1-17(2)16-12-10(18(19)20)11(13-8-14-12)15-9-6-4-3-5-7-9/h8-9H,3-7H2,1-2H3,(H2,13,14,15,16). The molecule has 8 nitrogen and oxygen atoms in total. The van der Waals surface area contributed by atoms with E-state index in [4.69, 9.17) is 0 Å². The van der Waals surface area contributed by atoms with Crippen molar-refractivity contribution in [1.29, 1.82) is 0 Å². The van der Waals surface area contributed by atoms with Crippen LogP contribution < -0.4 is 10.7 Å². The Morgan fingerprint density at radius 3 is 2.50 bits per heavy atom. The van der Waals surface area contributed by atoms with Crippen molar-refractivity contribution < 1.29 is 4.92 Å². The Kier molecular flexibility index (Phi) is 4.67. The molecular weight excluding hydrogens is 260 g/mol. The molecule has 0 spiro atoms. The van der Waals surface area contributed by atoms with Crippen LogP contribution in [-0.2, 0) is 0 Å². The zero-order valence-corrected chi connectivity index (χ0v) is 11.8. The lowest BCUT2D eigenvalue weighted by Crippen LogP contribution is -2.25. The molecule has 1 heterocycles. The van der Waals surface area contributed by atoms with E-state index in [0.717, 1.165) is 25.7 Å². The van der Waals surface area contributed by atoms with Gasteiger partial charge < -0.3 is 5.32 Å². The number of hydrazine groups is 1. The maximum absolute atomic E-state index is 11.3. The number of hydrogen-bond donors (Lipinski definition) is 2. The van der Waals surface area contributed by atoms with Crippen LogP contribution in [0.25, 0.3) is 0 Å². The first kappa shape index (κ1) is 14.4. The average Bonchev–Trinajstić information content (AvgIpc) is 2.39. The van der Waals surface area contributed by atoms with Crippen LogP contribution in [0.2, 0.25) is 0 Å². The van der Waals surface area contributed by atoms with E-state index in [9.17, 15) is 10.1 Å². The van der Waals surface area contributed by atoms with Crippen LogP contribution in [-0.4, -0.2) is 40.0 Å². The molecule has 0 amide bonds. The van der Waals surface area contributed by atoms with Crippen molar-refractivity contribution in [2.24, 2.45) is 0 Å². The smallest absolute Gasteiger partial charge is 0.354 e. The van der Waals surface area contributed by atoms with E-state index in [0.29, 0.717) is 5.82 Å². The Balaban J connectivity index is 2.24. The Hall–Kier alpha value is -1.96. The Bertz CT molecular complexity index is 473. The number of nitrogens with zero attached hydrogens (tertiary/aromatic N) is 4. The summed E-state index contributed by atoms with van der Waals surface area (Å²) in [5.74, 6) is 0.495. The summed E-state index contributed by atoms with van der Waals surface area (Å²) in [4.78, 5) is 18.8. The predicted molar refractivity (Wildman–Crippen MR) is 76.5 cm³/mol. The summed E-state index contributed by atoms with van der Waals surface area (Å²) < 4.78 is 0. The topological polar surface area (TPSA) is 96.2 Å². The first-order chi connectivity index (χ1) is 9.58. The van der Waals surface area contributed by atoms with E-state index < -0.39 is 4.92 Å². The molecule has 0 aromatic carbocycles. The molecule has 1 aliphatic carbocycles. The van der Waals surface area contributed by atoms with Gasteiger partial charge in [-0.1, -0.05) is 19.3 Å². The molecule has 0 aliphatic heterocycles. The van der Waals surface area contributed by atoms with E-state index in [1.54, 1.807) is 19.1 Å². The number of aromatic nitrogens is 2. The lowest BCUT2D eigenvalue weighted by atomic mass is 9.95. The number of nitro groups is 1. The molecule has 1 aliphatic rings. The van der Waals surface area contributed by atoms with Gasteiger partial charge in [0.05, 0.1) is 4.92 Å². The van der Waals surface area contributed by atoms with Crippen LogP contribution in [0.4, 0.5) is 17.3 Å². The largest absolute Gasteiger partial charge is 0.361 e. The summed E-state index contributed by atoms with van der Waals surface area (Å²) >= 11 is 0. The summed E-state index contributed by atoms with van der Waals surface area (Å²) in [6, 6.07) is 0.254. The van der Waals surface area contributed by atoms with Crippen molar-refractivity contribution in [2.45, 2.75) is 38.1 Å². The lowest BCUT2D eigenvalue weighted by Gasteiger charge is -2.23. The summed E-state index contributed by atoms with van der Waals surface area (Å²) in [6.07, 6.45) is 6.93. The zero-order valence-electron chi connectivity index (χ0n) is 11.8. The van der Waals surface area contributed by atoms with Crippen molar-refractivity contribution in [3.8, 4) is 0 Å². The van der Waals surface area contributed by atoms with Gasteiger partial charge in [0.1, 0.15) is 6.33 Å². The van der Waals surface area contributed by atoms with Gasteiger partial charge in [0, 0.05) is 20.1 Å². The summed E-state index contributed by atoms with van der Waals surface area (Å²) in [6.45, 7) is 0. The third kappa shape index (κ3) is 3.53. The van der Waals surface area contributed by atoms with Crippen molar-refractivity contribution >= 4 is 17.3 Å². The number of hydrogen-bond acceptors (Lipinski definition) is 7. The average molecular weight is 280 g/mol. The highest BCUT2D eigenvalue weighted by Crippen LogP contribution is 2.31. The minimum atomic E-state index is -0.447. The minimum absolute atomic E-state index is 0.105. The molecule has 110 valence electrons. The minimum Gasteiger partial charge on any atom is -0.361 e. The first-order valence-electron chi connectivity index (χ1n) is 6.78. The Labute approximate surface area is 117 Å². The van der Waals surface area contributed by atoms with Gasteiger partial charge in [0.2, 0.25) is 11.6 Å². The molecule has 0 unspecified atom stereocenters. The fraction of sp³-hybridized carbons (Fsp3) is 0.667. The van der Waals surface area contributed by atoms with E-state index in [1.165, 1.54) is 12.7 Å². The highest BCUT2D eigenvalue weighted by molar-refractivity contribution is 5.69. The maximum atomic E-state index is 11.3. The SMILES string of the molecule is CN(C)Nc1ncnc(NC2CCCCC2)c1[N+](=O)[O-]. The molecule has 1 aromatic heterocycles. The second kappa shape index (κ2) is 6.47. The van der Waals surface area contributed by atoms with Crippen LogP contribution in [0.1, 0.15) is 32.1 Å². The van der Waals surface area contributed by atoms with Gasteiger partial charge in [0.15, 0.2) is 0 Å². The van der Waals surface area contributed by atoms with Crippen LogP contribution >= 0.6 is 0 Å². The molecule has 0 bridgehead atoms. The first-order valence-corrected chi connectivity index (χ1v) is 6.78. The highest BCUT2D eigenvalue weighted by Gasteiger charge is 2.25. The second-order valence-electron chi connectivity index (χ2n) is 5.16. The third-order valence-corrected chi connectivity index (χ3v) is 3.28. The van der Waals surface area contributed by atoms with Gasteiger partial charge in [0.25, 0.3) is 0 Å². The van der Waals surface area contributed by atoms with Crippen LogP contribution in [0.15, 0.2) is 6.33 Å². The Morgan fingerprint density at radius 1 is 1.25 bits per heavy atom. The molecule has 0 saturated heterocycles. The molecule has 0 atom stereocenters. The summed E-state index contributed by atoms with van der Waals surface area (Å²) in [5, 5.41) is 16.1. The molecule has 0 radical (unpaired) electrons. The number of anilines is 2. The van der Waals surface area contributed by atoms with Gasteiger partial charge in [-0.15, -0.1) is 0 Å². The van der Waals surface area contributed by atoms with Crippen LogP contribution in [0, 0.1) is 10.1 Å². The van der Waals surface area contributed by atoms with Gasteiger partial charge >= 0.3 is 5.69 Å². The maximum Gasteiger partial charge on any atom is 0.354 e. The molecule has 1 aromatic rings. The quantitative estimate of drug-likeness (QED) is 0.629. The van der Waals surface area contributed by atoms with Crippen molar-refractivity contribution in [3.05, 3.63) is 16.4 Å². The monoisotopic (exact) mass is 280 g/mol. The van der Waals surface area contributed by atoms with E-state index in [2.05, 4.69) is 20.7 Å². The van der Waals surface area contributed by atoms with Crippen molar-refractivity contribution in [1.82, 2.24) is 15.0 Å². The number of rotatable bonds is 5. The van der Waals surface area contributed by atoms with Gasteiger partial charge in [-0.25, -0.2) is 15.0 Å². The van der Waals surface area contributed by atoms with Crippen LogP contribution in [0.5, 0.6) is 0 Å². The van der Waals surface area contributed by atoms with Gasteiger partial charge in [-0.05, 0) is 12.8 Å². The van der Waals surface area contributed by atoms with E-state index >= 15 is 0 Å². The second-order valence-corrected chi connectivity index (χ2v) is 5.16. The molecule has 2 N–H and O–H groups in total. The van der Waals surface area contributed by atoms with Crippen molar-refractivity contribution in [3.63, 3.8) is 0 Å². The van der Waals surface area contributed by atoms with Gasteiger partial charge in [-0.3, -0.25) is 15.5 Å². The van der Waals surface area contributed by atoms with E-state index in [1.807, 2.05) is 0 Å². The summed E-state index contributed by atoms with van der Waals surface area (Å²) in [5.41, 5.74) is 2.73. The summed E-state index contributed by atoms with van der Waals surface area (Å²) in [7, 11) is 3.50. The Morgan fingerprint density at radius 2 is 1.90 bits per heavy atom. The predicted octanol–water partition coefficient (Wildman–Crippen LogP) is 2.02.